The van der Waals surface area contributed by atoms with Crippen molar-refractivity contribution in [2.45, 2.75) is 57.5 Å². The summed E-state index contributed by atoms with van der Waals surface area (Å²) in [5.41, 5.74) is 1.43. The van der Waals surface area contributed by atoms with Gasteiger partial charge in [-0.05, 0) is 25.7 Å². The molecule has 0 spiro atoms. The second-order valence-electron chi connectivity index (χ2n) is 6.53. The Labute approximate surface area is 139 Å². The third-order valence-corrected chi connectivity index (χ3v) is 4.42. The van der Waals surface area contributed by atoms with E-state index in [1.165, 1.54) is 0 Å². The third kappa shape index (κ3) is 2.95. The van der Waals surface area contributed by atoms with Crippen molar-refractivity contribution in [3.8, 4) is 6.01 Å². The molecule has 3 heterocycles. The lowest BCUT2D eigenvalue weighted by atomic mass is 9.87. The average Bonchev–Trinajstić information content (AvgIpc) is 3.24. The van der Waals surface area contributed by atoms with Crippen molar-refractivity contribution in [2.75, 3.05) is 0 Å². The van der Waals surface area contributed by atoms with Crippen LogP contribution in [0, 0.1) is 0 Å². The number of aromatic nitrogens is 6. The molecule has 24 heavy (non-hydrogen) atoms. The summed E-state index contributed by atoms with van der Waals surface area (Å²) in [6.07, 6.45) is 7.19. The maximum Gasteiger partial charge on any atom is 0.318 e. The fourth-order valence-corrected chi connectivity index (χ4v) is 3.00. The van der Waals surface area contributed by atoms with Crippen molar-refractivity contribution in [1.82, 2.24) is 30.1 Å². The number of nitrogens with one attached hydrogen (secondary N) is 1. The lowest BCUT2D eigenvalue weighted by molar-refractivity contribution is 0.128. The van der Waals surface area contributed by atoms with Crippen molar-refractivity contribution in [1.29, 1.82) is 0 Å². The van der Waals surface area contributed by atoms with Crippen LogP contribution in [0.5, 0.6) is 6.01 Å². The normalized spacial score (nSPS) is 21.5. The van der Waals surface area contributed by atoms with Gasteiger partial charge in [0.2, 0.25) is 5.89 Å². The van der Waals surface area contributed by atoms with Crippen LogP contribution in [0.15, 0.2) is 17.0 Å². The smallest absolute Gasteiger partial charge is 0.318 e. The Kier molecular flexibility index (Phi) is 3.87. The molecule has 1 fully saturated rings. The number of H-pyrrole nitrogens is 1. The molecule has 0 aromatic carbocycles. The van der Waals surface area contributed by atoms with Gasteiger partial charge in [0.15, 0.2) is 11.5 Å². The van der Waals surface area contributed by atoms with Crippen molar-refractivity contribution in [3.63, 3.8) is 0 Å². The lowest BCUT2D eigenvalue weighted by Crippen LogP contribution is -2.24. The Morgan fingerprint density at radius 1 is 1.17 bits per heavy atom. The van der Waals surface area contributed by atoms with Crippen LogP contribution in [-0.4, -0.2) is 36.2 Å². The number of fused-ring (bicyclic) bond motifs is 1. The third-order valence-electron chi connectivity index (χ3n) is 4.42. The maximum atomic E-state index is 5.92. The molecule has 126 valence electrons. The fourth-order valence-electron chi connectivity index (χ4n) is 3.00. The molecule has 0 saturated heterocycles. The Balaban J connectivity index is 1.36. The molecule has 0 aliphatic heterocycles. The van der Waals surface area contributed by atoms with Gasteiger partial charge in [-0.1, -0.05) is 19.0 Å². The summed E-state index contributed by atoms with van der Waals surface area (Å²) >= 11 is 0. The van der Waals surface area contributed by atoms with Gasteiger partial charge in [-0.25, -0.2) is 9.97 Å². The van der Waals surface area contributed by atoms with Crippen molar-refractivity contribution in [3.05, 3.63) is 24.2 Å². The highest BCUT2D eigenvalue weighted by molar-refractivity contribution is 5.68. The first-order valence-electron chi connectivity index (χ1n) is 8.35. The lowest BCUT2D eigenvalue weighted by Gasteiger charge is -2.26. The van der Waals surface area contributed by atoms with Crippen LogP contribution in [0.1, 0.15) is 63.1 Å². The molecule has 1 aliphatic rings. The minimum absolute atomic E-state index is 0.116. The van der Waals surface area contributed by atoms with E-state index in [4.69, 9.17) is 9.26 Å². The van der Waals surface area contributed by atoms with E-state index < -0.39 is 0 Å². The molecule has 0 atom stereocenters. The fraction of sp³-hybridized carbons (Fsp3) is 0.562. The highest BCUT2D eigenvalue weighted by Crippen LogP contribution is 2.33. The molecule has 3 aromatic rings. The van der Waals surface area contributed by atoms with Gasteiger partial charge < -0.3 is 14.2 Å². The molecule has 1 aliphatic carbocycles. The molecule has 1 saturated carbocycles. The van der Waals surface area contributed by atoms with E-state index in [1.807, 2.05) is 0 Å². The minimum atomic E-state index is 0.116. The number of imidazole rings is 1. The summed E-state index contributed by atoms with van der Waals surface area (Å²) in [6.45, 7) is 4.13. The van der Waals surface area contributed by atoms with Gasteiger partial charge in [0, 0.05) is 11.8 Å². The van der Waals surface area contributed by atoms with Crippen LogP contribution >= 0.6 is 0 Å². The monoisotopic (exact) mass is 328 g/mol. The van der Waals surface area contributed by atoms with Gasteiger partial charge in [-0.2, -0.15) is 9.97 Å². The van der Waals surface area contributed by atoms with Crippen molar-refractivity contribution < 1.29 is 9.26 Å². The second-order valence-corrected chi connectivity index (χ2v) is 6.53. The zero-order chi connectivity index (χ0) is 16.5. The number of hydrogen-bond donors (Lipinski definition) is 1. The quantitative estimate of drug-likeness (QED) is 0.785. The topological polar surface area (TPSA) is 103 Å². The minimum Gasteiger partial charge on any atom is -0.460 e. The second kappa shape index (κ2) is 6.18. The molecule has 0 unspecified atom stereocenters. The molecule has 0 bridgehead atoms. The van der Waals surface area contributed by atoms with Crippen LogP contribution in [0.4, 0.5) is 0 Å². The Morgan fingerprint density at radius 3 is 2.75 bits per heavy atom. The first kappa shape index (κ1) is 15.0. The van der Waals surface area contributed by atoms with Gasteiger partial charge in [0.1, 0.15) is 11.6 Å². The van der Waals surface area contributed by atoms with Gasteiger partial charge in [0.05, 0.1) is 12.5 Å². The van der Waals surface area contributed by atoms with E-state index in [0.29, 0.717) is 17.6 Å². The van der Waals surface area contributed by atoms with Crippen molar-refractivity contribution >= 4 is 11.2 Å². The molecule has 0 radical (unpaired) electrons. The Hall–Kier alpha value is -2.51. The first-order valence-corrected chi connectivity index (χ1v) is 8.35. The Morgan fingerprint density at radius 2 is 2.00 bits per heavy atom. The number of hydrogen-bond acceptors (Lipinski definition) is 7. The summed E-state index contributed by atoms with van der Waals surface area (Å²) in [5.74, 6) is 2.14. The van der Waals surface area contributed by atoms with Gasteiger partial charge in [0.25, 0.3) is 0 Å². The predicted molar refractivity (Wildman–Crippen MR) is 85.7 cm³/mol. The number of ether oxygens (including phenoxy) is 1. The van der Waals surface area contributed by atoms with Crippen molar-refractivity contribution in [2.24, 2.45) is 0 Å². The summed E-state index contributed by atoms with van der Waals surface area (Å²) < 4.78 is 11.3. The molecule has 8 heteroatoms. The molecular formula is C16H20N6O2. The van der Waals surface area contributed by atoms with Gasteiger partial charge in [-0.3, -0.25) is 0 Å². The zero-order valence-electron chi connectivity index (χ0n) is 13.8. The molecule has 1 N–H and O–H groups in total. The van der Waals surface area contributed by atoms with Crippen LogP contribution in [0.25, 0.3) is 11.2 Å². The predicted octanol–water partition coefficient (Wildman–Crippen LogP) is 2.96. The number of aromatic amines is 1. The van der Waals surface area contributed by atoms with E-state index in [9.17, 15) is 0 Å². The van der Waals surface area contributed by atoms with Crippen LogP contribution < -0.4 is 4.74 Å². The number of nitrogens with zero attached hydrogens (tertiary/aromatic N) is 5. The zero-order valence-corrected chi connectivity index (χ0v) is 13.8. The largest absolute Gasteiger partial charge is 0.460 e. The van der Waals surface area contributed by atoms with Crippen LogP contribution in [-0.2, 0) is 0 Å². The maximum absolute atomic E-state index is 5.92. The molecule has 0 amide bonds. The summed E-state index contributed by atoms with van der Waals surface area (Å²) in [7, 11) is 0. The SMILES string of the molecule is CC(C)c1noc(C2CCC(Oc3ncc4[nH]cnc4n3)CC2)n1. The summed E-state index contributed by atoms with van der Waals surface area (Å²) in [6, 6.07) is 0.387. The summed E-state index contributed by atoms with van der Waals surface area (Å²) in [5, 5.41) is 4.05. The molecule has 3 aromatic heterocycles. The van der Waals surface area contributed by atoms with E-state index in [2.05, 4.69) is 43.9 Å². The average molecular weight is 328 g/mol. The van der Waals surface area contributed by atoms with E-state index in [0.717, 1.165) is 42.9 Å². The first-order chi connectivity index (χ1) is 11.7. The van der Waals surface area contributed by atoms with E-state index in [1.54, 1.807) is 12.5 Å². The van der Waals surface area contributed by atoms with Gasteiger partial charge >= 0.3 is 6.01 Å². The standard InChI is InChI=1S/C16H20N6O2/c1-9(2)13-20-15(24-22-13)10-3-5-11(6-4-10)23-16-17-7-12-14(21-16)19-8-18-12/h7-11H,3-6H2,1-2H3,(H,17,18,19,21). The molecule has 4 rings (SSSR count). The highest BCUT2D eigenvalue weighted by Gasteiger charge is 2.28. The van der Waals surface area contributed by atoms with E-state index >= 15 is 0 Å². The molecule has 8 nitrogen and oxygen atoms in total. The van der Waals surface area contributed by atoms with Gasteiger partial charge in [-0.15, -0.1) is 0 Å². The van der Waals surface area contributed by atoms with Crippen LogP contribution in [0.3, 0.4) is 0 Å². The van der Waals surface area contributed by atoms with E-state index in [-0.39, 0.29) is 12.0 Å². The van der Waals surface area contributed by atoms with Crippen LogP contribution in [0.2, 0.25) is 0 Å². The summed E-state index contributed by atoms with van der Waals surface area (Å²) in [4.78, 5) is 20.2. The molecular weight excluding hydrogens is 308 g/mol. The number of rotatable bonds is 4. The highest BCUT2D eigenvalue weighted by atomic mass is 16.5. The Bertz CT molecular complexity index is 819.